The van der Waals surface area contributed by atoms with Crippen molar-refractivity contribution >= 4 is 34.3 Å². The van der Waals surface area contributed by atoms with Gasteiger partial charge in [0.25, 0.3) is 0 Å². The Morgan fingerprint density at radius 1 is 1.16 bits per heavy atom. The number of ether oxygens (including phenoxy) is 1. The van der Waals surface area contributed by atoms with Crippen molar-refractivity contribution in [3.63, 3.8) is 0 Å². The molecule has 0 aliphatic carbocycles. The lowest BCUT2D eigenvalue weighted by Crippen LogP contribution is -2.15. The van der Waals surface area contributed by atoms with Crippen LogP contribution in [0.15, 0.2) is 47.5 Å². The molecule has 1 amide bonds. The van der Waals surface area contributed by atoms with Gasteiger partial charge in [-0.1, -0.05) is 36.0 Å². The van der Waals surface area contributed by atoms with Crippen LogP contribution in [0.5, 0.6) is 5.75 Å². The number of aryl methyl sites for hydroxylation is 2. The van der Waals surface area contributed by atoms with Crippen LogP contribution in [0.25, 0.3) is 10.9 Å². The first-order valence-corrected chi connectivity index (χ1v) is 8.86. The molecule has 0 unspecified atom stereocenters. The van der Waals surface area contributed by atoms with Crippen LogP contribution >= 0.6 is 11.8 Å². The molecular formula is C19H19N3O2S. The highest BCUT2D eigenvalue weighted by Gasteiger charge is 2.11. The van der Waals surface area contributed by atoms with Crippen molar-refractivity contribution in [2.45, 2.75) is 18.9 Å². The number of fused-ring (bicyclic) bond motifs is 1. The van der Waals surface area contributed by atoms with Gasteiger partial charge in [0, 0.05) is 5.39 Å². The summed E-state index contributed by atoms with van der Waals surface area (Å²) in [5.74, 6) is 1.50. The SMILES string of the molecule is COc1ccc(C)cc1NC(=O)CSc1nc(C)nc2ccccc12. The summed E-state index contributed by atoms with van der Waals surface area (Å²) in [7, 11) is 1.59. The predicted molar refractivity (Wildman–Crippen MR) is 101 cm³/mol. The second-order valence-corrected chi connectivity index (χ2v) is 6.60. The Morgan fingerprint density at radius 3 is 2.76 bits per heavy atom. The van der Waals surface area contributed by atoms with Gasteiger partial charge in [-0.25, -0.2) is 9.97 Å². The maximum absolute atomic E-state index is 12.4. The summed E-state index contributed by atoms with van der Waals surface area (Å²) < 4.78 is 5.30. The molecule has 0 spiro atoms. The second-order valence-electron chi connectivity index (χ2n) is 5.63. The van der Waals surface area contributed by atoms with Gasteiger partial charge in [0.05, 0.1) is 24.1 Å². The van der Waals surface area contributed by atoms with E-state index in [0.29, 0.717) is 17.3 Å². The molecule has 0 aliphatic rings. The Balaban J connectivity index is 1.74. The van der Waals surface area contributed by atoms with Crippen LogP contribution in [0.3, 0.4) is 0 Å². The lowest BCUT2D eigenvalue weighted by Gasteiger charge is -2.11. The van der Waals surface area contributed by atoms with E-state index in [1.165, 1.54) is 11.8 Å². The molecule has 1 aromatic heterocycles. The first-order chi connectivity index (χ1) is 12.1. The van der Waals surface area contributed by atoms with Gasteiger partial charge < -0.3 is 10.1 Å². The molecular weight excluding hydrogens is 334 g/mol. The molecule has 0 saturated heterocycles. The number of thioether (sulfide) groups is 1. The van der Waals surface area contributed by atoms with Crippen molar-refractivity contribution in [1.82, 2.24) is 9.97 Å². The van der Waals surface area contributed by atoms with Crippen molar-refractivity contribution in [2.75, 3.05) is 18.2 Å². The molecule has 3 aromatic rings. The number of nitrogens with zero attached hydrogens (tertiary/aromatic N) is 2. The smallest absolute Gasteiger partial charge is 0.234 e. The molecule has 0 aliphatic heterocycles. The topological polar surface area (TPSA) is 64.1 Å². The van der Waals surface area contributed by atoms with E-state index in [1.807, 2.05) is 56.3 Å². The maximum atomic E-state index is 12.4. The van der Waals surface area contributed by atoms with Crippen molar-refractivity contribution < 1.29 is 9.53 Å². The van der Waals surface area contributed by atoms with Crippen LogP contribution in [0.2, 0.25) is 0 Å². The highest BCUT2D eigenvalue weighted by atomic mass is 32.2. The average molecular weight is 353 g/mol. The van der Waals surface area contributed by atoms with Crippen LogP contribution in [-0.4, -0.2) is 28.7 Å². The van der Waals surface area contributed by atoms with E-state index in [4.69, 9.17) is 4.74 Å². The lowest BCUT2D eigenvalue weighted by atomic mass is 10.2. The van der Waals surface area contributed by atoms with Gasteiger partial charge in [-0.15, -0.1) is 0 Å². The summed E-state index contributed by atoms with van der Waals surface area (Å²) in [5.41, 5.74) is 2.62. The average Bonchev–Trinajstić information content (AvgIpc) is 2.59. The number of carbonyl (C=O) groups excluding carboxylic acids is 1. The van der Waals surface area contributed by atoms with Gasteiger partial charge in [0.2, 0.25) is 5.91 Å². The van der Waals surface area contributed by atoms with E-state index in [1.54, 1.807) is 7.11 Å². The summed E-state index contributed by atoms with van der Waals surface area (Å²) >= 11 is 1.41. The number of hydrogen-bond donors (Lipinski definition) is 1. The van der Waals surface area contributed by atoms with Gasteiger partial charge in [-0.3, -0.25) is 4.79 Å². The normalized spacial score (nSPS) is 10.7. The highest BCUT2D eigenvalue weighted by molar-refractivity contribution is 8.00. The molecule has 1 N–H and O–H groups in total. The van der Waals surface area contributed by atoms with E-state index < -0.39 is 0 Å². The Bertz CT molecular complexity index is 928. The third-order valence-corrected chi connectivity index (χ3v) is 4.64. The zero-order valence-corrected chi connectivity index (χ0v) is 15.2. The van der Waals surface area contributed by atoms with E-state index >= 15 is 0 Å². The van der Waals surface area contributed by atoms with Crippen LogP contribution in [0.1, 0.15) is 11.4 Å². The summed E-state index contributed by atoms with van der Waals surface area (Å²) in [6.45, 7) is 3.83. The molecule has 5 nitrogen and oxygen atoms in total. The zero-order valence-electron chi connectivity index (χ0n) is 14.4. The Labute approximate surface area is 150 Å². The summed E-state index contributed by atoms with van der Waals surface area (Å²) in [5, 5.41) is 4.68. The molecule has 0 fully saturated rings. The van der Waals surface area contributed by atoms with Gasteiger partial charge in [0.1, 0.15) is 16.6 Å². The maximum Gasteiger partial charge on any atom is 0.234 e. The van der Waals surface area contributed by atoms with Crippen LogP contribution in [-0.2, 0) is 4.79 Å². The summed E-state index contributed by atoms with van der Waals surface area (Å²) in [6, 6.07) is 13.5. The number of hydrogen-bond acceptors (Lipinski definition) is 5. The molecule has 25 heavy (non-hydrogen) atoms. The van der Waals surface area contributed by atoms with Gasteiger partial charge >= 0.3 is 0 Å². The molecule has 3 rings (SSSR count). The number of aromatic nitrogens is 2. The molecule has 0 radical (unpaired) electrons. The van der Waals surface area contributed by atoms with E-state index in [0.717, 1.165) is 21.5 Å². The molecule has 128 valence electrons. The Hall–Kier alpha value is -2.60. The van der Waals surface area contributed by atoms with Crippen molar-refractivity contribution in [3.8, 4) is 5.75 Å². The van der Waals surface area contributed by atoms with Gasteiger partial charge in [-0.2, -0.15) is 0 Å². The lowest BCUT2D eigenvalue weighted by molar-refractivity contribution is -0.113. The number of nitrogens with one attached hydrogen (secondary N) is 1. The zero-order chi connectivity index (χ0) is 17.8. The van der Waals surface area contributed by atoms with Crippen LogP contribution < -0.4 is 10.1 Å². The standard InChI is InChI=1S/C19H19N3O2S/c1-12-8-9-17(24-3)16(10-12)22-18(23)11-25-19-14-6-4-5-7-15(14)20-13(2)21-19/h4-10H,11H2,1-3H3,(H,22,23). The number of para-hydroxylation sites is 1. The Kier molecular flexibility index (Phi) is 5.19. The fraction of sp³-hybridized carbons (Fsp3) is 0.211. The summed E-state index contributed by atoms with van der Waals surface area (Å²) in [6.07, 6.45) is 0. The fourth-order valence-corrected chi connectivity index (χ4v) is 3.37. The predicted octanol–water partition coefficient (Wildman–Crippen LogP) is 3.99. The third kappa shape index (κ3) is 4.09. The number of anilines is 1. The quantitative estimate of drug-likeness (QED) is 0.555. The van der Waals surface area contributed by atoms with E-state index in [-0.39, 0.29) is 11.7 Å². The number of benzene rings is 2. The van der Waals surface area contributed by atoms with Crippen molar-refractivity contribution in [2.24, 2.45) is 0 Å². The number of rotatable bonds is 5. The number of amides is 1. The highest BCUT2D eigenvalue weighted by Crippen LogP contribution is 2.27. The third-order valence-electron chi connectivity index (χ3n) is 3.65. The van der Waals surface area contributed by atoms with Crippen LogP contribution in [0.4, 0.5) is 5.69 Å². The largest absolute Gasteiger partial charge is 0.495 e. The minimum atomic E-state index is -0.103. The molecule has 6 heteroatoms. The van der Waals surface area contributed by atoms with E-state index in [9.17, 15) is 4.79 Å². The molecule has 0 saturated carbocycles. The first-order valence-electron chi connectivity index (χ1n) is 7.87. The molecule has 2 aromatic carbocycles. The minimum absolute atomic E-state index is 0.103. The molecule has 0 bridgehead atoms. The number of methoxy groups -OCH3 is 1. The minimum Gasteiger partial charge on any atom is -0.495 e. The van der Waals surface area contributed by atoms with Gasteiger partial charge in [-0.05, 0) is 37.6 Å². The molecule has 1 heterocycles. The fourth-order valence-electron chi connectivity index (χ4n) is 2.51. The molecule has 0 atom stereocenters. The number of carbonyl (C=O) groups is 1. The van der Waals surface area contributed by atoms with E-state index in [2.05, 4.69) is 15.3 Å². The van der Waals surface area contributed by atoms with Crippen LogP contribution in [0, 0.1) is 13.8 Å². The van der Waals surface area contributed by atoms with Crippen molar-refractivity contribution in [1.29, 1.82) is 0 Å². The Morgan fingerprint density at radius 2 is 1.96 bits per heavy atom. The van der Waals surface area contributed by atoms with Gasteiger partial charge in [0.15, 0.2) is 0 Å². The first kappa shape index (κ1) is 17.2. The second kappa shape index (κ2) is 7.53. The summed E-state index contributed by atoms with van der Waals surface area (Å²) in [4.78, 5) is 21.3. The van der Waals surface area contributed by atoms with Crippen molar-refractivity contribution in [3.05, 3.63) is 53.9 Å². The monoisotopic (exact) mass is 353 g/mol.